The molecule has 0 N–H and O–H groups in total. The average molecular weight is 209 g/mol. The summed E-state index contributed by atoms with van der Waals surface area (Å²) in [6, 6.07) is 13.1. The zero-order valence-corrected chi connectivity index (χ0v) is 9.21. The van der Waals surface area contributed by atoms with Gasteiger partial charge in [-0.2, -0.15) is 5.26 Å². The van der Waals surface area contributed by atoms with Gasteiger partial charge >= 0.3 is 0 Å². The summed E-state index contributed by atoms with van der Waals surface area (Å²) in [6.45, 7) is 0. The molecule has 1 aromatic carbocycles. The van der Waals surface area contributed by atoms with Gasteiger partial charge in [-0.25, -0.2) is 0 Å². The van der Waals surface area contributed by atoms with Crippen LogP contribution in [0.4, 0.5) is 0 Å². The van der Waals surface area contributed by atoms with Gasteiger partial charge in [0.25, 0.3) is 0 Å². The van der Waals surface area contributed by atoms with Crippen LogP contribution in [0.1, 0.15) is 12.0 Å². The number of hydrogen-bond donors (Lipinski definition) is 0. The van der Waals surface area contributed by atoms with E-state index in [-0.39, 0.29) is 5.92 Å². The third-order valence-corrected chi connectivity index (χ3v) is 4.09. The quantitative estimate of drug-likeness (QED) is 0.686. The fourth-order valence-corrected chi connectivity index (χ4v) is 3.28. The van der Waals surface area contributed by atoms with E-state index < -0.39 is 0 Å². The van der Waals surface area contributed by atoms with Gasteiger partial charge in [-0.15, -0.1) is 0 Å². The van der Waals surface area contributed by atoms with E-state index in [1.807, 2.05) is 6.07 Å². The fourth-order valence-electron chi connectivity index (χ4n) is 3.28. The van der Waals surface area contributed by atoms with Crippen LogP contribution in [0.2, 0.25) is 0 Å². The Labute approximate surface area is 96.4 Å². The number of nitrogens with zero attached hydrogens (tertiary/aromatic N) is 1. The van der Waals surface area contributed by atoms with Crippen LogP contribution in [0, 0.1) is 35.0 Å². The molecule has 0 aromatic heterocycles. The minimum absolute atomic E-state index is 0.246. The smallest absolute Gasteiger partial charge is 0.0665 e. The van der Waals surface area contributed by atoms with E-state index in [1.165, 1.54) is 12.0 Å². The molecule has 1 heteroatoms. The number of allylic oxidation sites excluding steroid dienone is 2. The Morgan fingerprint density at radius 2 is 1.88 bits per heavy atom. The molecule has 0 aliphatic heterocycles. The Hall–Kier alpha value is -1.55. The van der Waals surface area contributed by atoms with Crippen molar-refractivity contribution in [2.75, 3.05) is 0 Å². The van der Waals surface area contributed by atoms with Crippen molar-refractivity contribution in [3.05, 3.63) is 48.0 Å². The summed E-state index contributed by atoms with van der Waals surface area (Å²) in [7, 11) is 0. The van der Waals surface area contributed by atoms with Gasteiger partial charge < -0.3 is 0 Å². The van der Waals surface area contributed by atoms with Crippen molar-refractivity contribution >= 4 is 0 Å². The summed E-state index contributed by atoms with van der Waals surface area (Å²) in [6.07, 6.45) is 6.84. The third-order valence-electron chi connectivity index (χ3n) is 4.09. The Morgan fingerprint density at radius 3 is 2.62 bits per heavy atom. The first-order valence-electron chi connectivity index (χ1n) is 6.00. The summed E-state index contributed by atoms with van der Waals surface area (Å²) in [4.78, 5) is 0. The molecule has 0 saturated heterocycles. The molecule has 0 amide bonds. The largest absolute Gasteiger partial charge is 0.198 e. The van der Waals surface area contributed by atoms with Gasteiger partial charge in [-0.1, -0.05) is 42.5 Å². The maximum absolute atomic E-state index is 9.25. The normalized spacial score (nSPS) is 35.2. The van der Waals surface area contributed by atoms with Crippen LogP contribution in [-0.2, 0) is 6.42 Å². The molecule has 1 saturated carbocycles. The Morgan fingerprint density at radius 1 is 1.12 bits per heavy atom. The van der Waals surface area contributed by atoms with Crippen molar-refractivity contribution in [1.29, 1.82) is 5.26 Å². The first-order valence-corrected chi connectivity index (χ1v) is 6.00. The number of benzene rings is 1. The molecular formula is C15H15N. The van der Waals surface area contributed by atoms with Crippen molar-refractivity contribution < 1.29 is 0 Å². The summed E-state index contributed by atoms with van der Waals surface area (Å²) >= 11 is 0. The van der Waals surface area contributed by atoms with Gasteiger partial charge in [0.05, 0.1) is 12.0 Å². The lowest BCUT2D eigenvalue weighted by molar-refractivity contribution is 0.374. The van der Waals surface area contributed by atoms with Crippen molar-refractivity contribution in [2.24, 2.45) is 23.7 Å². The molecule has 1 aromatic rings. The zero-order valence-electron chi connectivity index (χ0n) is 9.21. The van der Waals surface area contributed by atoms with E-state index in [9.17, 15) is 5.26 Å². The third kappa shape index (κ3) is 1.46. The van der Waals surface area contributed by atoms with Crippen LogP contribution in [0.5, 0.6) is 0 Å². The Kier molecular flexibility index (Phi) is 2.29. The van der Waals surface area contributed by atoms with Crippen molar-refractivity contribution in [1.82, 2.24) is 0 Å². The van der Waals surface area contributed by atoms with E-state index >= 15 is 0 Å². The first kappa shape index (κ1) is 9.66. The summed E-state index contributed by atoms with van der Waals surface area (Å²) in [5.74, 6) is 1.97. The SMILES string of the molecule is N#CC1C2C=CC(C2)C1Cc1ccccc1. The lowest BCUT2D eigenvalue weighted by Gasteiger charge is -2.22. The molecule has 0 heterocycles. The maximum Gasteiger partial charge on any atom is 0.0665 e. The second-order valence-electron chi connectivity index (χ2n) is 4.96. The summed E-state index contributed by atoms with van der Waals surface area (Å²) in [5, 5.41) is 9.25. The number of fused-ring (bicyclic) bond motifs is 2. The van der Waals surface area contributed by atoms with Crippen LogP contribution >= 0.6 is 0 Å². The average Bonchev–Trinajstić information content (AvgIpc) is 2.91. The Bertz CT molecular complexity index is 440. The standard InChI is InChI=1S/C15H15N/c16-10-15-13-7-6-12(9-13)14(15)8-11-4-2-1-3-5-11/h1-7,12-15H,8-9H2. The summed E-state index contributed by atoms with van der Waals surface area (Å²) < 4.78 is 0. The molecule has 80 valence electrons. The second kappa shape index (κ2) is 3.79. The maximum atomic E-state index is 9.25. The zero-order chi connectivity index (χ0) is 11.0. The number of hydrogen-bond acceptors (Lipinski definition) is 1. The van der Waals surface area contributed by atoms with Crippen molar-refractivity contribution in [3.63, 3.8) is 0 Å². The van der Waals surface area contributed by atoms with Crippen LogP contribution in [0.15, 0.2) is 42.5 Å². The molecule has 0 radical (unpaired) electrons. The highest BCUT2D eigenvalue weighted by Gasteiger charge is 2.44. The molecule has 2 aliphatic rings. The van der Waals surface area contributed by atoms with E-state index in [0.29, 0.717) is 17.8 Å². The van der Waals surface area contributed by atoms with E-state index in [4.69, 9.17) is 0 Å². The highest BCUT2D eigenvalue weighted by atomic mass is 14.5. The molecule has 0 spiro atoms. The predicted molar refractivity (Wildman–Crippen MR) is 63.5 cm³/mol. The first-order chi connectivity index (χ1) is 7.88. The molecule has 2 bridgehead atoms. The van der Waals surface area contributed by atoms with E-state index in [2.05, 4.69) is 42.5 Å². The highest BCUT2D eigenvalue weighted by molar-refractivity contribution is 5.22. The van der Waals surface area contributed by atoms with Crippen LogP contribution < -0.4 is 0 Å². The minimum atomic E-state index is 0.246. The molecule has 1 nitrogen and oxygen atoms in total. The monoisotopic (exact) mass is 209 g/mol. The predicted octanol–water partition coefficient (Wildman–Crippen LogP) is 3.19. The van der Waals surface area contributed by atoms with Crippen molar-refractivity contribution in [2.45, 2.75) is 12.8 Å². The minimum Gasteiger partial charge on any atom is -0.198 e. The molecular weight excluding hydrogens is 194 g/mol. The lowest BCUT2D eigenvalue weighted by Crippen LogP contribution is -2.20. The topological polar surface area (TPSA) is 23.8 Å². The van der Waals surface area contributed by atoms with Crippen molar-refractivity contribution in [3.8, 4) is 6.07 Å². The lowest BCUT2D eigenvalue weighted by atomic mass is 9.80. The van der Waals surface area contributed by atoms with E-state index in [0.717, 1.165) is 6.42 Å². The second-order valence-corrected chi connectivity index (χ2v) is 4.96. The Balaban J connectivity index is 1.81. The molecule has 3 rings (SSSR count). The fraction of sp³-hybridized carbons (Fsp3) is 0.400. The molecule has 1 fully saturated rings. The molecule has 4 atom stereocenters. The van der Waals surface area contributed by atoms with Gasteiger partial charge in [0.1, 0.15) is 0 Å². The van der Waals surface area contributed by atoms with Crippen LogP contribution in [0.3, 0.4) is 0 Å². The molecule has 4 unspecified atom stereocenters. The van der Waals surface area contributed by atoms with E-state index in [1.54, 1.807) is 0 Å². The van der Waals surface area contributed by atoms with Crippen LogP contribution in [-0.4, -0.2) is 0 Å². The van der Waals surface area contributed by atoms with Gasteiger partial charge in [0.2, 0.25) is 0 Å². The molecule has 16 heavy (non-hydrogen) atoms. The van der Waals surface area contributed by atoms with Gasteiger partial charge in [-0.3, -0.25) is 0 Å². The van der Waals surface area contributed by atoms with Gasteiger partial charge in [-0.05, 0) is 36.2 Å². The van der Waals surface area contributed by atoms with Crippen LogP contribution in [0.25, 0.3) is 0 Å². The molecule has 2 aliphatic carbocycles. The summed E-state index contributed by atoms with van der Waals surface area (Å²) in [5.41, 5.74) is 1.37. The number of rotatable bonds is 2. The van der Waals surface area contributed by atoms with Gasteiger partial charge in [0, 0.05) is 0 Å². The highest BCUT2D eigenvalue weighted by Crippen LogP contribution is 2.48. The van der Waals surface area contributed by atoms with Gasteiger partial charge in [0.15, 0.2) is 0 Å². The number of nitriles is 1.